The van der Waals surface area contributed by atoms with Crippen LogP contribution in [0.1, 0.15) is 33.1 Å². The summed E-state index contributed by atoms with van der Waals surface area (Å²) >= 11 is 0. The first-order chi connectivity index (χ1) is 6.24. The van der Waals surface area contributed by atoms with Gasteiger partial charge in [0, 0.05) is 6.54 Å². The Morgan fingerprint density at radius 1 is 1.54 bits per heavy atom. The van der Waals surface area contributed by atoms with Crippen molar-refractivity contribution >= 4 is 6.09 Å². The molecule has 0 aromatic carbocycles. The molecule has 1 fully saturated rings. The molecule has 3 heteroatoms. The number of hydrogen-bond acceptors (Lipinski definition) is 2. The molecule has 0 spiro atoms. The van der Waals surface area contributed by atoms with Gasteiger partial charge in [-0.2, -0.15) is 0 Å². The third kappa shape index (κ3) is 3.25. The van der Waals surface area contributed by atoms with Crippen LogP contribution in [0.15, 0.2) is 0 Å². The van der Waals surface area contributed by atoms with E-state index in [1.807, 2.05) is 6.92 Å². The van der Waals surface area contributed by atoms with Crippen LogP contribution >= 0.6 is 0 Å². The van der Waals surface area contributed by atoms with Crippen molar-refractivity contribution in [2.24, 2.45) is 11.8 Å². The minimum atomic E-state index is -0.276. The summed E-state index contributed by atoms with van der Waals surface area (Å²) in [6.45, 7) is 5.30. The molecular formula is C10H19NO2. The zero-order valence-corrected chi connectivity index (χ0v) is 8.51. The van der Waals surface area contributed by atoms with Gasteiger partial charge >= 0.3 is 6.09 Å². The van der Waals surface area contributed by atoms with Crippen molar-refractivity contribution in [1.29, 1.82) is 0 Å². The predicted octanol–water partition coefficient (Wildman–Crippen LogP) is 2.17. The van der Waals surface area contributed by atoms with Gasteiger partial charge in [-0.3, -0.25) is 0 Å². The van der Waals surface area contributed by atoms with Crippen molar-refractivity contribution in [1.82, 2.24) is 5.32 Å². The van der Waals surface area contributed by atoms with E-state index in [9.17, 15) is 4.79 Å². The second kappa shape index (κ2) is 5.10. The summed E-state index contributed by atoms with van der Waals surface area (Å²) in [5, 5.41) is 2.79. The highest BCUT2D eigenvalue weighted by Crippen LogP contribution is 2.30. The van der Waals surface area contributed by atoms with E-state index < -0.39 is 0 Å². The standard InChI is InChI=1S/C10H19NO2/c1-3-13-10(12)11-7-9-6-4-5-8(9)2/h8-9H,3-7H2,1-2H3,(H,11,12). The van der Waals surface area contributed by atoms with Gasteiger partial charge in [0.05, 0.1) is 6.61 Å². The Morgan fingerprint density at radius 2 is 2.31 bits per heavy atom. The highest BCUT2D eigenvalue weighted by Gasteiger charge is 2.23. The Kier molecular flexibility index (Phi) is 4.06. The average Bonchev–Trinajstić information content (AvgIpc) is 2.48. The van der Waals surface area contributed by atoms with Crippen molar-refractivity contribution in [3.63, 3.8) is 0 Å². The molecule has 0 aromatic rings. The Hall–Kier alpha value is -0.730. The second-order valence-corrected chi connectivity index (χ2v) is 3.77. The zero-order chi connectivity index (χ0) is 9.68. The summed E-state index contributed by atoms with van der Waals surface area (Å²) in [4.78, 5) is 11.0. The van der Waals surface area contributed by atoms with Crippen molar-refractivity contribution < 1.29 is 9.53 Å². The van der Waals surface area contributed by atoms with E-state index >= 15 is 0 Å². The van der Waals surface area contributed by atoms with Gasteiger partial charge in [-0.05, 0) is 25.2 Å². The monoisotopic (exact) mass is 185 g/mol. The largest absolute Gasteiger partial charge is 0.450 e. The van der Waals surface area contributed by atoms with Crippen LogP contribution in [0.4, 0.5) is 4.79 Å². The summed E-state index contributed by atoms with van der Waals surface area (Å²) in [6.07, 6.45) is 3.57. The van der Waals surface area contributed by atoms with E-state index in [1.54, 1.807) is 0 Å². The molecule has 1 saturated carbocycles. The van der Waals surface area contributed by atoms with Crippen LogP contribution in [0.25, 0.3) is 0 Å². The fourth-order valence-electron chi connectivity index (χ4n) is 1.92. The lowest BCUT2D eigenvalue weighted by atomic mass is 9.98. The van der Waals surface area contributed by atoms with Crippen molar-refractivity contribution in [3.8, 4) is 0 Å². The van der Waals surface area contributed by atoms with E-state index in [1.165, 1.54) is 19.3 Å². The number of carbonyl (C=O) groups excluding carboxylic acids is 1. The molecule has 2 unspecified atom stereocenters. The van der Waals surface area contributed by atoms with Crippen molar-refractivity contribution in [2.75, 3.05) is 13.2 Å². The van der Waals surface area contributed by atoms with Crippen LogP contribution in [0, 0.1) is 11.8 Å². The molecule has 0 saturated heterocycles. The number of hydrogen-bond donors (Lipinski definition) is 1. The average molecular weight is 185 g/mol. The lowest BCUT2D eigenvalue weighted by Crippen LogP contribution is -2.30. The lowest BCUT2D eigenvalue weighted by molar-refractivity contribution is 0.149. The highest BCUT2D eigenvalue weighted by atomic mass is 16.5. The summed E-state index contributed by atoms with van der Waals surface area (Å²) < 4.78 is 4.79. The molecule has 76 valence electrons. The van der Waals surface area contributed by atoms with Gasteiger partial charge in [0.15, 0.2) is 0 Å². The molecule has 1 aliphatic rings. The molecule has 2 atom stereocenters. The maximum atomic E-state index is 11.0. The van der Waals surface area contributed by atoms with Crippen LogP contribution in [-0.2, 0) is 4.74 Å². The van der Waals surface area contributed by atoms with Crippen LogP contribution in [0.5, 0.6) is 0 Å². The fraction of sp³-hybridized carbons (Fsp3) is 0.900. The summed E-state index contributed by atoms with van der Waals surface area (Å²) in [7, 11) is 0. The molecule has 1 rings (SSSR count). The van der Waals surface area contributed by atoms with E-state index in [0.29, 0.717) is 12.5 Å². The third-order valence-electron chi connectivity index (χ3n) is 2.82. The van der Waals surface area contributed by atoms with Gasteiger partial charge < -0.3 is 10.1 Å². The SMILES string of the molecule is CCOC(=O)NCC1CCCC1C. The molecule has 13 heavy (non-hydrogen) atoms. The molecule has 0 bridgehead atoms. The molecule has 0 aromatic heterocycles. The van der Waals surface area contributed by atoms with E-state index in [4.69, 9.17) is 4.74 Å². The topological polar surface area (TPSA) is 38.3 Å². The Balaban J connectivity index is 2.14. The molecule has 1 aliphatic carbocycles. The Labute approximate surface area is 79.8 Å². The lowest BCUT2D eigenvalue weighted by Gasteiger charge is -2.15. The van der Waals surface area contributed by atoms with E-state index in [2.05, 4.69) is 12.2 Å². The summed E-state index contributed by atoms with van der Waals surface area (Å²) in [5.41, 5.74) is 0. The Bertz CT molecular complexity index is 170. The third-order valence-corrected chi connectivity index (χ3v) is 2.82. The number of carbonyl (C=O) groups is 1. The van der Waals surface area contributed by atoms with Crippen molar-refractivity contribution in [2.45, 2.75) is 33.1 Å². The van der Waals surface area contributed by atoms with Crippen LogP contribution in [0.3, 0.4) is 0 Å². The number of rotatable bonds is 3. The molecule has 1 N–H and O–H groups in total. The molecule has 0 aliphatic heterocycles. The smallest absolute Gasteiger partial charge is 0.407 e. The first kappa shape index (κ1) is 10.4. The zero-order valence-electron chi connectivity index (χ0n) is 8.51. The summed E-state index contributed by atoms with van der Waals surface area (Å²) in [5.74, 6) is 1.41. The normalized spacial score (nSPS) is 27.2. The first-order valence-electron chi connectivity index (χ1n) is 5.14. The predicted molar refractivity (Wildman–Crippen MR) is 51.5 cm³/mol. The number of nitrogens with one attached hydrogen (secondary N) is 1. The molecule has 0 heterocycles. The van der Waals surface area contributed by atoms with E-state index in [0.717, 1.165) is 12.5 Å². The maximum Gasteiger partial charge on any atom is 0.407 e. The summed E-state index contributed by atoms with van der Waals surface area (Å²) in [6, 6.07) is 0. The van der Waals surface area contributed by atoms with Gasteiger partial charge in [0.1, 0.15) is 0 Å². The van der Waals surface area contributed by atoms with Gasteiger partial charge in [0.2, 0.25) is 0 Å². The van der Waals surface area contributed by atoms with Gasteiger partial charge in [-0.25, -0.2) is 4.79 Å². The van der Waals surface area contributed by atoms with E-state index in [-0.39, 0.29) is 6.09 Å². The Morgan fingerprint density at radius 3 is 2.85 bits per heavy atom. The van der Waals surface area contributed by atoms with Gasteiger partial charge in [-0.15, -0.1) is 0 Å². The highest BCUT2D eigenvalue weighted by molar-refractivity contribution is 5.67. The second-order valence-electron chi connectivity index (χ2n) is 3.77. The quantitative estimate of drug-likeness (QED) is 0.731. The number of ether oxygens (including phenoxy) is 1. The van der Waals surface area contributed by atoms with Crippen molar-refractivity contribution in [3.05, 3.63) is 0 Å². The van der Waals surface area contributed by atoms with Gasteiger partial charge in [0.25, 0.3) is 0 Å². The minimum Gasteiger partial charge on any atom is -0.450 e. The molecule has 1 amide bonds. The van der Waals surface area contributed by atoms with Gasteiger partial charge in [-0.1, -0.05) is 19.8 Å². The van der Waals surface area contributed by atoms with Crippen LogP contribution < -0.4 is 5.32 Å². The first-order valence-corrected chi connectivity index (χ1v) is 5.14. The molecule has 0 radical (unpaired) electrons. The van der Waals surface area contributed by atoms with Crippen LogP contribution in [0.2, 0.25) is 0 Å². The number of amides is 1. The minimum absolute atomic E-state index is 0.276. The van der Waals surface area contributed by atoms with Crippen LogP contribution in [-0.4, -0.2) is 19.2 Å². The maximum absolute atomic E-state index is 11.0. The fourth-order valence-corrected chi connectivity index (χ4v) is 1.92. The number of alkyl carbamates (subject to hydrolysis) is 1. The molecule has 3 nitrogen and oxygen atoms in total. The molecular weight excluding hydrogens is 166 g/mol.